The number of hydrogen-bond donors (Lipinski definition) is 3. The van der Waals surface area contributed by atoms with Gasteiger partial charge in [-0.15, -0.1) is 11.8 Å². The van der Waals surface area contributed by atoms with Gasteiger partial charge in [-0.1, -0.05) is 18.2 Å². The molecule has 0 bridgehead atoms. The molecule has 1 aromatic carbocycles. The Balaban J connectivity index is 1.43. The number of hydrogen-bond acceptors (Lipinski definition) is 7. The van der Waals surface area contributed by atoms with Crippen LogP contribution >= 0.6 is 11.8 Å². The molecule has 3 amide bonds. The van der Waals surface area contributed by atoms with Crippen molar-refractivity contribution < 1.29 is 18.8 Å². The molecule has 2 saturated heterocycles. The first-order valence-corrected chi connectivity index (χ1v) is 10.8. The molecule has 0 aliphatic carbocycles. The van der Waals surface area contributed by atoms with Crippen molar-refractivity contribution in [3.05, 3.63) is 36.1 Å². The number of amides is 3. The van der Waals surface area contributed by atoms with E-state index in [2.05, 4.69) is 15.8 Å². The monoisotopic (exact) mass is 429 g/mol. The number of furan rings is 1. The van der Waals surface area contributed by atoms with E-state index in [1.165, 1.54) is 18.0 Å². The van der Waals surface area contributed by atoms with Crippen LogP contribution in [0.2, 0.25) is 0 Å². The molecule has 9 nitrogen and oxygen atoms in total. The zero-order valence-corrected chi connectivity index (χ0v) is 17.1. The van der Waals surface area contributed by atoms with Crippen LogP contribution in [0.3, 0.4) is 0 Å². The number of thioether (sulfide) groups is 1. The Bertz CT molecular complexity index is 957. The number of hydrazone groups is 1. The summed E-state index contributed by atoms with van der Waals surface area (Å²) < 4.78 is 5.77. The average Bonchev–Trinajstić information content (AvgIpc) is 3.45. The maximum Gasteiger partial charge on any atom is 0.332 e. The van der Waals surface area contributed by atoms with E-state index < -0.39 is 17.3 Å². The first-order chi connectivity index (χ1) is 14.5. The summed E-state index contributed by atoms with van der Waals surface area (Å²) in [6.07, 6.45) is 3.23. The number of likely N-dealkylation sites (tertiary alicyclic amines) is 1. The van der Waals surface area contributed by atoms with Gasteiger partial charge in [0.2, 0.25) is 5.91 Å². The number of nitrogens with zero attached hydrogens (tertiary/aromatic N) is 2. The van der Waals surface area contributed by atoms with Crippen molar-refractivity contribution in [1.82, 2.24) is 15.6 Å². The Hall–Kier alpha value is -2.85. The summed E-state index contributed by atoms with van der Waals surface area (Å²) in [6, 6.07) is 7.90. The number of carbonyl (C=O) groups excluding carboxylic acids is 3. The van der Waals surface area contributed by atoms with Crippen molar-refractivity contribution in [3.63, 3.8) is 0 Å². The lowest BCUT2D eigenvalue weighted by Crippen LogP contribution is -2.51. The molecule has 2 aliphatic heterocycles. The fraction of sp³-hybridized carbons (Fsp3) is 0.400. The molecule has 158 valence electrons. The molecule has 1 aromatic heterocycles. The first-order valence-electron chi connectivity index (χ1n) is 9.77. The van der Waals surface area contributed by atoms with Gasteiger partial charge in [-0.25, -0.2) is 10.2 Å². The van der Waals surface area contributed by atoms with Crippen LogP contribution in [0.5, 0.6) is 0 Å². The number of nitrogens with two attached hydrogens (primary N) is 1. The van der Waals surface area contributed by atoms with Gasteiger partial charge in [0.25, 0.3) is 0 Å². The molecule has 0 radical (unpaired) electrons. The molecular formula is C20H23N5O4S. The van der Waals surface area contributed by atoms with E-state index in [4.69, 9.17) is 10.2 Å². The molecule has 30 heavy (non-hydrogen) atoms. The fourth-order valence-corrected chi connectivity index (χ4v) is 5.04. The van der Waals surface area contributed by atoms with Gasteiger partial charge in [0.15, 0.2) is 5.78 Å². The maximum absolute atomic E-state index is 13.2. The maximum atomic E-state index is 13.2. The van der Waals surface area contributed by atoms with Gasteiger partial charge >= 0.3 is 6.03 Å². The number of fused-ring (bicyclic) bond motifs is 1. The summed E-state index contributed by atoms with van der Waals surface area (Å²) in [6.45, 7) is 0.583. The van der Waals surface area contributed by atoms with E-state index in [9.17, 15) is 14.4 Å². The quantitative estimate of drug-likeness (QED) is 0.468. The van der Waals surface area contributed by atoms with Gasteiger partial charge in [-0.05, 0) is 25.0 Å². The molecule has 0 saturated carbocycles. The number of ketones is 1. The smallest absolute Gasteiger partial charge is 0.332 e. The third-order valence-corrected chi connectivity index (χ3v) is 6.51. The van der Waals surface area contributed by atoms with E-state index in [0.717, 1.165) is 23.8 Å². The van der Waals surface area contributed by atoms with Crippen molar-refractivity contribution in [2.24, 2.45) is 10.8 Å². The Morgan fingerprint density at radius 2 is 2.20 bits per heavy atom. The summed E-state index contributed by atoms with van der Waals surface area (Å²) >= 11 is 1.44. The second-order valence-corrected chi connectivity index (χ2v) is 8.43. The minimum absolute atomic E-state index is 0.0396. The second kappa shape index (κ2) is 8.88. The predicted octanol–water partition coefficient (Wildman–Crippen LogP) is 1.22. The summed E-state index contributed by atoms with van der Waals surface area (Å²) in [5.41, 5.74) is 7.91. The lowest BCUT2D eigenvalue weighted by molar-refractivity contribution is -0.134. The SMILES string of the molecule is NC(=O)NN=C[C@@H]1CCCN1C(=O)[C@H]1NCSC1C(=O)Cc1cc2ccccc2o1. The van der Waals surface area contributed by atoms with Gasteiger partial charge in [0.1, 0.15) is 17.4 Å². The minimum atomic E-state index is -0.757. The van der Waals surface area contributed by atoms with Crippen LogP contribution in [0, 0.1) is 0 Å². The van der Waals surface area contributed by atoms with Crippen molar-refractivity contribution >= 4 is 46.7 Å². The summed E-state index contributed by atoms with van der Waals surface area (Å²) in [5, 5.41) is 7.43. The third-order valence-electron chi connectivity index (χ3n) is 5.28. The van der Waals surface area contributed by atoms with E-state index >= 15 is 0 Å². The number of urea groups is 1. The largest absolute Gasteiger partial charge is 0.461 e. The molecule has 3 heterocycles. The van der Waals surface area contributed by atoms with Gasteiger partial charge in [0, 0.05) is 24.0 Å². The average molecular weight is 430 g/mol. The Morgan fingerprint density at radius 3 is 3.00 bits per heavy atom. The molecule has 10 heteroatoms. The van der Waals surface area contributed by atoms with Gasteiger partial charge < -0.3 is 15.1 Å². The van der Waals surface area contributed by atoms with E-state index in [0.29, 0.717) is 18.2 Å². The summed E-state index contributed by atoms with van der Waals surface area (Å²) in [4.78, 5) is 38.6. The van der Waals surface area contributed by atoms with E-state index in [1.54, 1.807) is 4.90 Å². The molecule has 2 aliphatic rings. The highest BCUT2D eigenvalue weighted by Crippen LogP contribution is 2.28. The molecule has 3 atom stereocenters. The van der Waals surface area contributed by atoms with E-state index in [1.807, 2.05) is 30.3 Å². The number of rotatable bonds is 6. The number of Topliss-reactive ketones (excluding diaryl/α,β-unsaturated/α-hetero) is 1. The third kappa shape index (κ3) is 4.34. The number of benzene rings is 1. The summed E-state index contributed by atoms with van der Waals surface area (Å²) in [7, 11) is 0. The predicted molar refractivity (Wildman–Crippen MR) is 114 cm³/mol. The van der Waals surface area contributed by atoms with Crippen LogP contribution in [-0.2, 0) is 16.0 Å². The van der Waals surface area contributed by atoms with Gasteiger partial charge in [0.05, 0.1) is 17.7 Å². The molecule has 4 N–H and O–H groups in total. The summed E-state index contributed by atoms with van der Waals surface area (Å²) in [5.74, 6) is 0.963. The highest BCUT2D eigenvalue weighted by molar-refractivity contribution is 8.00. The van der Waals surface area contributed by atoms with Crippen LogP contribution in [0.15, 0.2) is 39.9 Å². The highest BCUT2D eigenvalue weighted by atomic mass is 32.2. The van der Waals surface area contributed by atoms with Crippen molar-refractivity contribution in [3.8, 4) is 0 Å². The van der Waals surface area contributed by atoms with Crippen molar-refractivity contribution in [2.45, 2.75) is 36.6 Å². The zero-order valence-electron chi connectivity index (χ0n) is 16.2. The first kappa shape index (κ1) is 20.4. The lowest BCUT2D eigenvalue weighted by atomic mass is 10.0. The fourth-order valence-electron chi connectivity index (χ4n) is 3.91. The van der Waals surface area contributed by atoms with Crippen LogP contribution in [0.1, 0.15) is 18.6 Å². The normalized spacial score (nSPS) is 24.0. The van der Waals surface area contributed by atoms with Crippen molar-refractivity contribution in [2.75, 3.05) is 12.4 Å². The van der Waals surface area contributed by atoms with Crippen LogP contribution in [-0.4, -0.2) is 58.6 Å². The standard InChI is InChI=1S/C20H23N5O4S/c21-20(28)24-23-10-13-5-3-7-25(13)19(27)17-18(30-11-22-17)15(26)9-14-8-12-4-1-2-6-16(12)29-14/h1-2,4,6,8,10,13,17-18,22H,3,5,7,9,11H2,(H3,21,24,28)/t13-,17-,18?/m0/s1. The Labute approximate surface area is 177 Å². The van der Waals surface area contributed by atoms with Crippen molar-refractivity contribution in [1.29, 1.82) is 0 Å². The molecular weight excluding hydrogens is 406 g/mol. The molecule has 2 aromatic rings. The molecule has 2 fully saturated rings. The number of primary amides is 1. The van der Waals surface area contributed by atoms with Crippen LogP contribution < -0.4 is 16.5 Å². The highest BCUT2D eigenvalue weighted by Gasteiger charge is 2.42. The lowest BCUT2D eigenvalue weighted by Gasteiger charge is -2.27. The molecule has 1 unspecified atom stereocenters. The van der Waals surface area contributed by atoms with Crippen LogP contribution in [0.4, 0.5) is 4.79 Å². The Kier molecular flexibility index (Phi) is 6.05. The Morgan fingerprint density at radius 1 is 1.37 bits per heavy atom. The number of carbonyl (C=O) groups is 3. The second-order valence-electron chi connectivity index (χ2n) is 7.30. The van der Waals surface area contributed by atoms with E-state index in [-0.39, 0.29) is 24.2 Å². The number of nitrogens with one attached hydrogen (secondary N) is 2. The molecule has 0 spiro atoms. The zero-order chi connectivity index (χ0) is 21.1. The van der Waals surface area contributed by atoms with Gasteiger partial charge in [-0.3, -0.25) is 14.9 Å². The van der Waals surface area contributed by atoms with Crippen LogP contribution in [0.25, 0.3) is 11.0 Å². The topological polar surface area (TPSA) is 130 Å². The molecule has 4 rings (SSSR count). The minimum Gasteiger partial charge on any atom is -0.461 e. The van der Waals surface area contributed by atoms with Gasteiger partial charge in [-0.2, -0.15) is 5.10 Å². The number of para-hydroxylation sites is 1.